The van der Waals surface area contributed by atoms with Crippen LogP contribution in [0.4, 0.5) is 0 Å². The first-order valence-electron chi connectivity index (χ1n) is 11.7. The number of aryl methyl sites for hydroxylation is 2. The van der Waals surface area contributed by atoms with E-state index in [-0.39, 0.29) is 12.0 Å². The monoisotopic (exact) mass is 421 g/mol. The number of amides is 1. The molecule has 0 spiro atoms. The fourth-order valence-electron chi connectivity index (χ4n) is 4.77. The third-order valence-corrected chi connectivity index (χ3v) is 6.68. The molecule has 2 aliphatic rings. The standard InChI is InChI=1S/C26H35N3O2/c1-20-7-3-4-9-23(20)18-28-14-12-22(13-15-28)17-29(19-24-10-6-16-31-24)26(30)25-11-5-8-21(2)27-25/h3-5,7-9,11,22,24H,6,10,12-19H2,1-2H3/t24-/m0/s1. The molecule has 0 bridgehead atoms. The molecule has 2 aromatic rings. The molecule has 1 amide bonds. The Morgan fingerprint density at radius 2 is 1.87 bits per heavy atom. The smallest absolute Gasteiger partial charge is 0.272 e. The number of carbonyl (C=O) groups is 1. The normalized spacial score (nSPS) is 20.1. The molecule has 0 radical (unpaired) electrons. The van der Waals surface area contributed by atoms with Gasteiger partial charge in [-0.05, 0) is 81.8 Å². The van der Waals surface area contributed by atoms with Crippen molar-refractivity contribution in [2.24, 2.45) is 5.92 Å². The van der Waals surface area contributed by atoms with Crippen molar-refractivity contribution in [3.05, 3.63) is 65.0 Å². The van der Waals surface area contributed by atoms with Crippen LogP contribution in [0.1, 0.15) is 53.0 Å². The summed E-state index contributed by atoms with van der Waals surface area (Å²) in [5.74, 6) is 0.574. The molecule has 5 nitrogen and oxygen atoms in total. The first kappa shape index (κ1) is 22.0. The largest absolute Gasteiger partial charge is 0.376 e. The van der Waals surface area contributed by atoms with Gasteiger partial charge in [0.15, 0.2) is 0 Å². The minimum Gasteiger partial charge on any atom is -0.376 e. The van der Waals surface area contributed by atoms with Crippen LogP contribution >= 0.6 is 0 Å². The van der Waals surface area contributed by atoms with Gasteiger partial charge in [0, 0.05) is 31.9 Å². The van der Waals surface area contributed by atoms with Gasteiger partial charge in [-0.2, -0.15) is 0 Å². The zero-order valence-corrected chi connectivity index (χ0v) is 18.9. The topological polar surface area (TPSA) is 45.7 Å². The van der Waals surface area contributed by atoms with Gasteiger partial charge in [-0.25, -0.2) is 4.98 Å². The van der Waals surface area contributed by atoms with E-state index in [2.05, 4.69) is 41.1 Å². The summed E-state index contributed by atoms with van der Waals surface area (Å²) in [6.07, 6.45) is 4.55. The molecule has 0 aliphatic carbocycles. The Morgan fingerprint density at radius 1 is 1.06 bits per heavy atom. The van der Waals surface area contributed by atoms with Crippen molar-refractivity contribution >= 4 is 5.91 Å². The summed E-state index contributed by atoms with van der Waals surface area (Å²) < 4.78 is 5.85. The Kier molecular flexibility index (Phi) is 7.36. The first-order chi connectivity index (χ1) is 15.1. The highest BCUT2D eigenvalue weighted by atomic mass is 16.5. The van der Waals surface area contributed by atoms with Crippen molar-refractivity contribution in [3.63, 3.8) is 0 Å². The number of likely N-dealkylation sites (tertiary alicyclic amines) is 1. The molecule has 0 N–H and O–H groups in total. The number of piperidine rings is 1. The van der Waals surface area contributed by atoms with Crippen molar-refractivity contribution in [2.75, 3.05) is 32.8 Å². The predicted octanol–water partition coefficient (Wildman–Crippen LogP) is 4.23. The maximum absolute atomic E-state index is 13.3. The molecule has 1 aromatic heterocycles. The molecule has 3 heterocycles. The highest BCUT2D eigenvalue weighted by molar-refractivity contribution is 5.92. The van der Waals surface area contributed by atoms with Crippen molar-refractivity contribution in [1.29, 1.82) is 0 Å². The van der Waals surface area contributed by atoms with Gasteiger partial charge in [-0.1, -0.05) is 30.3 Å². The van der Waals surface area contributed by atoms with Gasteiger partial charge in [0.05, 0.1) is 6.10 Å². The van der Waals surface area contributed by atoms with E-state index in [9.17, 15) is 4.79 Å². The number of rotatable bonds is 7. The second kappa shape index (κ2) is 10.4. The van der Waals surface area contributed by atoms with Gasteiger partial charge < -0.3 is 9.64 Å². The number of hydrogen-bond donors (Lipinski definition) is 0. The van der Waals surface area contributed by atoms with Crippen molar-refractivity contribution in [2.45, 2.75) is 52.2 Å². The lowest BCUT2D eigenvalue weighted by Crippen LogP contribution is -2.43. The number of ether oxygens (including phenoxy) is 1. The number of pyridine rings is 1. The average molecular weight is 422 g/mol. The number of aromatic nitrogens is 1. The lowest BCUT2D eigenvalue weighted by atomic mass is 9.95. The van der Waals surface area contributed by atoms with Crippen LogP contribution in [0.3, 0.4) is 0 Å². The van der Waals surface area contributed by atoms with Gasteiger partial charge in [-0.3, -0.25) is 9.69 Å². The van der Waals surface area contributed by atoms with Crippen LogP contribution in [0.5, 0.6) is 0 Å². The van der Waals surface area contributed by atoms with E-state index in [1.165, 1.54) is 11.1 Å². The molecule has 2 saturated heterocycles. The third-order valence-electron chi connectivity index (χ3n) is 6.68. The fraction of sp³-hybridized carbons (Fsp3) is 0.538. The highest BCUT2D eigenvalue weighted by Gasteiger charge is 2.28. The Balaban J connectivity index is 1.36. The van der Waals surface area contributed by atoms with Gasteiger partial charge >= 0.3 is 0 Å². The van der Waals surface area contributed by atoms with Crippen LogP contribution in [0.2, 0.25) is 0 Å². The summed E-state index contributed by atoms with van der Waals surface area (Å²) in [6, 6.07) is 14.4. The Hall–Kier alpha value is -2.24. The number of carbonyl (C=O) groups excluding carboxylic acids is 1. The molecular formula is C26H35N3O2. The van der Waals surface area contributed by atoms with Gasteiger partial charge in [-0.15, -0.1) is 0 Å². The minimum atomic E-state index is 0.0431. The molecule has 4 rings (SSSR count). The summed E-state index contributed by atoms with van der Waals surface area (Å²) in [6.45, 7) is 9.61. The maximum atomic E-state index is 13.3. The quantitative estimate of drug-likeness (QED) is 0.671. The van der Waals surface area contributed by atoms with E-state index in [0.717, 1.165) is 64.2 Å². The molecule has 5 heteroatoms. The second-order valence-corrected chi connectivity index (χ2v) is 9.16. The van der Waals surface area contributed by atoms with Crippen LogP contribution in [0, 0.1) is 19.8 Å². The fourth-order valence-corrected chi connectivity index (χ4v) is 4.77. The molecule has 0 saturated carbocycles. The van der Waals surface area contributed by atoms with E-state index in [0.29, 0.717) is 18.2 Å². The maximum Gasteiger partial charge on any atom is 0.272 e. The summed E-state index contributed by atoms with van der Waals surface area (Å²) in [5.41, 5.74) is 4.22. The SMILES string of the molecule is Cc1cccc(C(=O)N(CC2CCN(Cc3ccccc3C)CC2)C[C@@H]2CCCO2)n1. The van der Waals surface area contributed by atoms with Gasteiger partial charge in [0.25, 0.3) is 5.91 Å². The van der Waals surface area contributed by atoms with Crippen LogP contribution in [0.15, 0.2) is 42.5 Å². The van der Waals surface area contributed by atoms with E-state index in [4.69, 9.17) is 4.74 Å². The number of hydrogen-bond acceptors (Lipinski definition) is 4. The van der Waals surface area contributed by atoms with Crippen LogP contribution in [-0.2, 0) is 11.3 Å². The molecule has 31 heavy (non-hydrogen) atoms. The summed E-state index contributed by atoms with van der Waals surface area (Å²) in [7, 11) is 0. The van der Waals surface area contributed by atoms with Crippen LogP contribution in [0.25, 0.3) is 0 Å². The Morgan fingerprint density at radius 3 is 2.58 bits per heavy atom. The molecule has 2 fully saturated rings. The van der Waals surface area contributed by atoms with Crippen molar-refractivity contribution in [3.8, 4) is 0 Å². The molecular weight excluding hydrogens is 386 g/mol. The molecule has 2 aliphatic heterocycles. The van der Waals surface area contributed by atoms with E-state index >= 15 is 0 Å². The van der Waals surface area contributed by atoms with Crippen LogP contribution < -0.4 is 0 Å². The summed E-state index contributed by atoms with van der Waals surface area (Å²) in [5, 5.41) is 0. The average Bonchev–Trinajstić information content (AvgIpc) is 3.29. The molecule has 1 atom stereocenters. The highest BCUT2D eigenvalue weighted by Crippen LogP contribution is 2.23. The summed E-state index contributed by atoms with van der Waals surface area (Å²) in [4.78, 5) is 22.3. The van der Waals surface area contributed by atoms with E-state index in [1.54, 1.807) is 0 Å². The zero-order chi connectivity index (χ0) is 21.6. The van der Waals surface area contributed by atoms with Crippen molar-refractivity contribution in [1.82, 2.24) is 14.8 Å². The lowest BCUT2D eigenvalue weighted by Gasteiger charge is -2.35. The second-order valence-electron chi connectivity index (χ2n) is 9.16. The third kappa shape index (κ3) is 5.92. The van der Waals surface area contributed by atoms with E-state index in [1.807, 2.05) is 30.0 Å². The Labute approximate surface area is 186 Å². The molecule has 0 unspecified atom stereocenters. The van der Waals surface area contributed by atoms with Crippen LogP contribution in [-0.4, -0.2) is 59.6 Å². The molecule has 166 valence electrons. The number of nitrogens with zero attached hydrogens (tertiary/aromatic N) is 3. The van der Waals surface area contributed by atoms with Crippen molar-refractivity contribution < 1.29 is 9.53 Å². The predicted molar refractivity (Wildman–Crippen MR) is 123 cm³/mol. The first-order valence-corrected chi connectivity index (χ1v) is 11.7. The molecule has 1 aromatic carbocycles. The number of benzene rings is 1. The Bertz CT molecular complexity index is 870. The van der Waals surface area contributed by atoms with Gasteiger partial charge in [0.2, 0.25) is 0 Å². The minimum absolute atomic E-state index is 0.0431. The summed E-state index contributed by atoms with van der Waals surface area (Å²) >= 11 is 0. The van der Waals surface area contributed by atoms with E-state index < -0.39 is 0 Å². The zero-order valence-electron chi connectivity index (χ0n) is 18.9. The van der Waals surface area contributed by atoms with Gasteiger partial charge in [0.1, 0.15) is 5.69 Å². The lowest BCUT2D eigenvalue weighted by molar-refractivity contribution is 0.0440.